The summed E-state index contributed by atoms with van der Waals surface area (Å²) in [5.41, 5.74) is 3.03. The molecular formula is C24H18BrCl2N3O2. The van der Waals surface area contributed by atoms with Gasteiger partial charge >= 0.3 is 0 Å². The summed E-state index contributed by atoms with van der Waals surface area (Å²) >= 11 is 15.7. The molecule has 1 aromatic heterocycles. The number of nitrogens with one attached hydrogen (secondary N) is 1. The van der Waals surface area contributed by atoms with Gasteiger partial charge in [0.15, 0.2) is 0 Å². The standard InChI is InChI=1S/C24H18BrCl2N3O2/c25-19-9-10-23(22(27)11-19)32-15-16-5-7-17(8-6-16)24(31)29-20-12-28-30(14-20)13-18-3-1-2-4-21(18)26/h1-12,14H,13,15H2,(H,29,31). The first-order valence-electron chi connectivity index (χ1n) is 9.72. The van der Waals surface area contributed by atoms with Crippen LogP contribution in [0, 0.1) is 0 Å². The number of carbonyl (C=O) groups is 1. The topological polar surface area (TPSA) is 56.2 Å². The number of carbonyl (C=O) groups excluding carboxylic acids is 1. The predicted molar refractivity (Wildman–Crippen MR) is 131 cm³/mol. The summed E-state index contributed by atoms with van der Waals surface area (Å²) in [6.45, 7) is 0.866. The van der Waals surface area contributed by atoms with E-state index in [4.69, 9.17) is 27.9 Å². The highest BCUT2D eigenvalue weighted by Crippen LogP contribution is 2.28. The highest BCUT2D eigenvalue weighted by atomic mass is 79.9. The Bertz CT molecular complexity index is 1240. The van der Waals surface area contributed by atoms with Crippen LogP contribution in [0.1, 0.15) is 21.5 Å². The highest BCUT2D eigenvalue weighted by molar-refractivity contribution is 9.10. The maximum atomic E-state index is 12.6. The quantitative estimate of drug-likeness (QED) is 0.285. The minimum Gasteiger partial charge on any atom is -0.487 e. The van der Waals surface area contributed by atoms with Crippen molar-refractivity contribution >= 4 is 50.7 Å². The third kappa shape index (κ3) is 5.71. The first-order chi connectivity index (χ1) is 15.5. The molecule has 5 nitrogen and oxygen atoms in total. The summed E-state index contributed by atoms with van der Waals surface area (Å²) < 4.78 is 8.38. The van der Waals surface area contributed by atoms with Crippen molar-refractivity contribution in [1.82, 2.24) is 9.78 Å². The fourth-order valence-electron chi connectivity index (χ4n) is 3.02. The van der Waals surface area contributed by atoms with E-state index in [1.807, 2.05) is 42.5 Å². The monoisotopic (exact) mass is 529 g/mol. The SMILES string of the molecule is O=C(Nc1cnn(Cc2ccccc2Cl)c1)c1ccc(COc2ccc(Br)cc2Cl)cc1. The number of hydrogen-bond donors (Lipinski definition) is 1. The average molecular weight is 531 g/mol. The number of hydrogen-bond acceptors (Lipinski definition) is 3. The second kappa shape index (κ2) is 10.2. The fourth-order valence-corrected chi connectivity index (χ4v) is 3.95. The molecule has 0 spiro atoms. The Morgan fingerprint density at radius 3 is 2.56 bits per heavy atom. The molecule has 0 aliphatic carbocycles. The molecule has 0 radical (unpaired) electrons. The highest BCUT2D eigenvalue weighted by Gasteiger charge is 2.09. The molecule has 162 valence electrons. The molecule has 1 amide bonds. The van der Waals surface area contributed by atoms with Crippen LogP contribution in [-0.2, 0) is 13.2 Å². The van der Waals surface area contributed by atoms with E-state index in [0.29, 0.717) is 40.2 Å². The van der Waals surface area contributed by atoms with Crippen molar-refractivity contribution in [3.05, 3.63) is 110 Å². The number of benzene rings is 3. The van der Waals surface area contributed by atoms with Gasteiger partial charge in [-0.2, -0.15) is 5.10 Å². The average Bonchev–Trinajstić information content (AvgIpc) is 3.22. The first kappa shape index (κ1) is 22.4. The van der Waals surface area contributed by atoms with Crippen LogP contribution in [-0.4, -0.2) is 15.7 Å². The Morgan fingerprint density at radius 1 is 1.03 bits per heavy atom. The molecule has 4 aromatic rings. The van der Waals surface area contributed by atoms with Crippen LogP contribution in [0.5, 0.6) is 5.75 Å². The van der Waals surface area contributed by atoms with Crippen molar-refractivity contribution in [2.24, 2.45) is 0 Å². The van der Waals surface area contributed by atoms with Gasteiger partial charge in [-0.3, -0.25) is 9.48 Å². The molecule has 0 saturated heterocycles. The van der Waals surface area contributed by atoms with E-state index in [1.54, 1.807) is 41.3 Å². The summed E-state index contributed by atoms with van der Waals surface area (Å²) in [5, 5.41) is 8.37. The molecule has 4 rings (SSSR count). The molecule has 3 aromatic carbocycles. The Kier molecular flexibility index (Phi) is 7.15. The van der Waals surface area contributed by atoms with Crippen LogP contribution in [0.4, 0.5) is 5.69 Å². The molecule has 8 heteroatoms. The van der Waals surface area contributed by atoms with Gasteiger partial charge in [-0.05, 0) is 47.5 Å². The van der Waals surface area contributed by atoms with Gasteiger partial charge in [-0.1, -0.05) is 69.5 Å². The van der Waals surface area contributed by atoms with Gasteiger partial charge in [0.25, 0.3) is 5.91 Å². The van der Waals surface area contributed by atoms with Gasteiger partial charge in [0.1, 0.15) is 12.4 Å². The number of ether oxygens (including phenoxy) is 1. The largest absolute Gasteiger partial charge is 0.487 e. The molecule has 0 aliphatic rings. The summed E-state index contributed by atoms with van der Waals surface area (Å²) in [7, 11) is 0. The number of nitrogens with zero attached hydrogens (tertiary/aromatic N) is 2. The fraction of sp³-hybridized carbons (Fsp3) is 0.0833. The Hall–Kier alpha value is -2.80. The van der Waals surface area contributed by atoms with Crippen molar-refractivity contribution in [3.8, 4) is 5.75 Å². The minimum atomic E-state index is -0.217. The molecule has 0 unspecified atom stereocenters. The molecule has 0 bridgehead atoms. The molecule has 0 saturated carbocycles. The smallest absolute Gasteiger partial charge is 0.255 e. The van der Waals surface area contributed by atoms with E-state index < -0.39 is 0 Å². The zero-order chi connectivity index (χ0) is 22.5. The number of aromatic nitrogens is 2. The van der Waals surface area contributed by atoms with E-state index in [9.17, 15) is 4.79 Å². The zero-order valence-electron chi connectivity index (χ0n) is 16.8. The third-order valence-corrected chi connectivity index (χ3v) is 5.84. The number of rotatable bonds is 7. The first-order valence-corrected chi connectivity index (χ1v) is 11.3. The van der Waals surface area contributed by atoms with Gasteiger partial charge in [0.2, 0.25) is 0 Å². The van der Waals surface area contributed by atoms with Crippen LogP contribution < -0.4 is 10.1 Å². The van der Waals surface area contributed by atoms with Gasteiger partial charge in [0, 0.05) is 21.3 Å². The predicted octanol–water partition coefficient (Wildman–Crippen LogP) is 6.83. The Labute approximate surface area is 204 Å². The molecule has 0 fully saturated rings. The minimum absolute atomic E-state index is 0.217. The second-order valence-corrected chi connectivity index (χ2v) is 8.76. The molecule has 32 heavy (non-hydrogen) atoms. The number of anilines is 1. The lowest BCUT2D eigenvalue weighted by Crippen LogP contribution is -2.11. The van der Waals surface area contributed by atoms with Crippen LogP contribution in [0.15, 0.2) is 83.6 Å². The maximum absolute atomic E-state index is 12.6. The van der Waals surface area contributed by atoms with Crippen LogP contribution >= 0.6 is 39.1 Å². The summed E-state index contributed by atoms with van der Waals surface area (Å²) in [4.78, 5) is 12.6. The van der Waals surface area contributed by atoms with Crippen LogP contribution in [0.2, 0.25) is 10.0 Å². The normalized spacial score (nSPS) is 10.7. The van der Waals surface area contributed by atoms with E-state index >= 15 is 0 Å². The van der Waals surface area contributed by atoms with E-state index in [2.05, 4.69) is 26.3 Å². The molecule has 0 aliphatic heterocycles. The van der Waals surface area contributed by atoms with Crippen LogP contribution in [0.3, 0.4) is 0 Å². The van der Waals surface area contributed by atoms with Crippen molar-refractivity contribution in [1.29, 1.82) is 0 Å². The molecular weight excluding hydrogens is 513 g/mol. The van der Waals surface area contributed by atoms with Gasteiger partial charge in [-0.15, -0.1) is 0 Å². The second-order valence-electron chi connectivity index (χ2n) is 7.03. The van der Waals surface area contributed by atoms with Crippen molar-refractivity contribution in [2.45, 2.75) is 13.2 Å². The van der Waals surface area contributed by atoms with E-state index in [1.165, 1.54) is 0 Å². The summed E-state index contributed by atoms with van der Waals surface area (Å²) in [6, 6.07) is 20.3. The summed E-state index contributed by atoms with van der Waals surface area (Å²) in [5.74, 6) is 0.385. The molecule has 1 N–H and O–H groups in total. The summed E-state index contributed by atoms with van der Waals surface area (Å²) in [6.07, 6.45) is 3.38. The van der Waals surface area contributed by atoms with Crippen LogP contribution in [0.25, 0.3) is 0 Å². The van der Waals surface area contributed by atoms with E-state index in [0.717, 1.165) is 15.6 Å². The Balaban J connectivity index is 1.34. The van der Waals surface area contributed by atoms with E-state index in [-0.39, 0.29) is 5.91 Å². The lowest BCUT2D eigenvalue weighted by Gasteiger charge is -2.09. The lowest BCUT2D eigenvalue weighted by atomic mass is 10.1. The molecule has 1 heterocycles. The van der Waals surface area contributed by atoms with Gasteiger partial charge < -0.3 is 10.1 Å². The van der Waals surface area contributed by atoms with Gasteiger partial charge in [-0.25, -0.2) is 0 Å². The van der Waals surface area contributed by atoms with Crippen molar-refractivity contribution in [3.63, 3.8) is 0 Å². The molecule has 0 atom stereocenters. The maximum Gasteiger partial charge on any atom is 0.255 e. The Morgan fingerprint density at radius 2 is 1.81 bits per heavy atom. The third-order valence-electron chi connectivity index (χ3n) is 4.69. The zero-order valence-corrected chi connectivity index (χ0v) is 19.9. The number of amides is 1. The van der Waals surface area contributed by atoms with Crippen molar-refractivity contribution in [2.75, 3.05) is 5.32 Å². The number of halogens is 3. The lowest BCUT2D eigenvalue weighted by molar-refractivity contribution is 0.102. The van der Waals surface area contributed by atoms with Gasteiger partial charge in [0.05, 0.1) is 23.5 Å². The van der Waals surface area contributed by atoms with Crippen molar-refractivity contribution < 1.29 is 9.53 Å².